The third-order valence-corrected chi connectivity index (χ3v) is 3.82. The number of hydrogen-bond donors (Lipinski definition) is 1. The van der Waals surface area contributed by atoms with Crippen molar-refractivity contribution in [2.45, 2.75) is 12.6 Å². The van der Waals surface area contributed by atoms with Crippen molar-refractivity contribution in [3.8, 4) is 0 Å². The normalized spacial score (nSPS) is 16.2. The fraction of sp³-hybridized carbons (Fsp3) is 0.429. The van der Waals surface area contributed by atoms with Gasteiger partial charge in [-0.3, -0.25) is 9.69 Å². The van der Waals surface area contributed by atoms with E-state index in [1.54, 1.807) is 32.4 Å². The number of likely N-dealkylation sites (tertiary alicyclic amines) is 1. The quantitative estimate of drug-likeness (QED) is 0.914. The van der Waals surface area contributed by atoms with E-state index in [0.717, 1.165) is 5.69 Å². The Morgan fingerprint density at radius 3 is 2.81 bits per heavy atom. The number of hydrogen-bond acceptors (Lipinski definition) is 4. The van der Waals surface area contributed by atoms with Gasteiger partial charge < -0.3 is 14.4 Å². The lowest BCUT2D eigenvalue weighted by atomic mass is 10.1. The molecule has 112 valence electrons. The molecule has 3 rings (SSSR count). The predicted molar refractivity (Wildman–Crippen MR) is 79.5 cm³/mol. The van der Waals surface area contributed by atoms with Crippen LogP contribution in [-0.2, 0) is 6.54 Å². The Labute approximate surface area is 127 Å². The Balaban J connectivity index is 2.05. The van der Waals surface area contributed by atoms with E-state index in [1.165, 1.54) is 4.90 Å². The zero-order valence-corrected chi connectivity index (χ0v) is 12.7. The van der Waals surface area contributed by atoms with Crippen LogP contribution in [0.1, 0.15) is 16.2 Å². The van der Waals surface area contributed by atoms with Gasteiger partial charge in [0.25, 0.3) is 5.91 Å². The van der Waals surface area contributed by atoms with Crippen LogP contribution in [0.25, 0.3) is 5.65 Å². The summed E-state index contributed by atoms with van der Waals surface area (Å²) in [5.74, 6) is -0.133. The number of amides is 1. The summed E-state index contributed by atoms with van der Waals surface area (Å²) in [6, 6.07) is 3.55. The van der Waals surface area contributed by atoms with E-state index < -0.39 is 0 Å². The number of carbonyl (C=O) groups is 1. The number of rotatable bonds is 3. The summed E-state index contributed by atoms with van der Waals surface area (Å²) in [6.07, 6.45) is 1.49. The Hall–Kier alpha value is -1.63. The van der Waals surface area contributed by atoms with E-state index in [1.807, 2.05) is 4.40 Å². The molecule has 1 aliphatic rings. The van der Waals surface area contributed by atoms with Crippen LogP contribution >= 0.6 is 11.6 Å². The Morgan fingerprint density at radius 2 is 2.19 bits per heavy atom. The summed E-state index contributed by atoms with van der Waals surface area (Å²) < 4.78 is 1.85. The zero-order valence-electron chi connectivity index (χ0n) is 12.0. The van der Waals surface area contributed by atoms with Crippen molar-refractivity contribution in [3.63, 3.8) is 0 Å². The summed E-state index contributed by atoms with van der Waals surface area (Å²) in [7, 11) is 3.41. The largest absolute Gasteiger partial charge is 0.390 e. The second-order valence-electron chi connectivity index (χ2n) is 5.53. The summed E-state index contributed by atoms with van der Waals surface area (Å²) in [4.78, 5) is 20.3. The van der Waals surface area contributed by atoms with Crippen LogP contribution in [-0.4, -0.2) is 63.5 Å². The molecule has 0 atom stereocenters. The molecule has 0 unspecified atom stereocenters. The van der Waals surface area contributed by atoms with Gasteiger partial charge in [-0.25, -0.2) is 4.98 Å². The van der Waals surface area contributed by atoms with Crippen LogP contribution < -0.4 is 0 Å². The van der Waals surface area contributed by atoms with Gasteiger partial charge in [0.1, 0.15) is 5.65 Å². The summed E-state index contributed by atoms with van der Waals surface area (Å²) >= 11 is 6.05. The van der Waals surface area contributed by atoms with E-state index in [0.29, 0.717) is 36.0 Å². The van der Waals surface area contributed by atoms with Crippen LogP contribution in [0.4, 0.5) is 0 Å². The molecular weight excluding hydrogens is 292 g/mol. The van der Waals surface area contributed by atoms with Crippen LogP contribution in [0.3, 0.4) is 0 Å². The van der Waals surface area contributed by atoms with Gasteiger partial charge >= 0.3 is 0 Å². The SMILES string of the molecule is CN(C)C(=O)c1nc2ccc(Cl)cn2c1CN1CC(O)C1. The second-order valence-corrected chi connectivity index (χ2v) is 5.97. The minimum absolute atomic E-state index is 0.133. The van der Waals surface area contributed by atoms with Crippen LogP contribution in [0.5, 0.6) is 0 Å². The minimum atomic E-state index is -0.277. The van der Waals surface area contributed by atoms with Crippen molar-refractivity contribution in [3.05, 3.63) is 34.7 Å². The van der Waals surface area contributed by atoms with Gasteiger partial charge in [-0.05, 0) is 12.1 Å². The maximum absolute atomic E-state index is 12.3. The first kappa shape index (κ1) is 14.3. The van der Waals surface area contributed by atoms with Gasteiger partial charge in [-0.1, -0.05) is 11.6 Å². The highest BCUT2D eigenvalue weighted by molar-refractivity contribution is 6.30. The number of pyridine rings is 1. The molecule has 0 bridgehead atoms. The van der Waals surface area contributed by atoms with Crippen molar-refractivity contribution in [2.75, 3.05) is 27.2 Å². The number of fused-ring (bicyclic) bond motifs is 1. The number of imidazole rings is 1. The molecule has 0 aromatic carbocycles. The van der Waals surface area contributed by atoms with Gasteiger partial charge in [-0.15, -0.1) is 0 Å². The van der Waals surface area contributed by atoms with Crippen molar-refractivity contribution >= 4 is 23.2 Å². The van der Waals surface area contributed by atoms with E-state index in [9.17, 15) is 9.90 Å². The Morgan fingerprint density at radius 1 is 1.48 bits per heavy atom. The second kappa shape index (κ2) is 5.29. The number of aliphatic hydroxyl groups excluding tert-OH is 1. The molecule has 1 saturated heterocycles. The standard InChI is InChI=1S/C14H17ClN4O2/c1-17(2)14(21)13-11(8-18-6-10(20)7-18)19-5-9(15)3-4-12(19)16-13/h3-5,10,20H,6-8H2,1-2H3. The van der Waals surface area contributed by atoms with Crippen LogP contribution in [0.15, 0.2) is 18.3 Å². The number of aliphatic hydroxyl groups is 1. The number of carbonyl (C=O) groups excluding carboxylic acids is 1. The number of halogens is 1. The third kappa shape index (κ3) is 2.62. The lowest BCUT2D eigenvalue weighted by Gasteiger charge is -2.35. The minimum Gasteiger partial charge on any atom is -0.390 e. The molecule has 21 heavy (non-hydrogen) atoms. The molecule has 6 nitrogen and oxygen atoms in total. The average Bonchev–Trinajstić information content (AvgIpc) is 2.74. The topological polar surface area (TPSA) is 61.1 Å². The first-order valence-electron chi connectivity index (χ1n) is 6.74. The highest BCUT2D eigenvalue weighted by Crippen LogP contribution is 2.21. The third-order valence-electron chi connectivity index (χ3n) is 3.60. The summed E-state index contributed by atoms with van der Waals surface area (Å²) in [5.41, 5.74) is 1.93. The van der Waals surface area contributed by atoms with E-state index >= 15 is 0 Å². The summed E-state index contributed by atoms with van der Waals surface area (Å²) in [5, 5.41) is 10.0. The van der Waals surface area contributed by atoms with E-state index in [2.05, 4.69) is 9.88 Å². The average molecular weight is 309 g/mol. The van der Waals surface area contributed by atoms with Gasteiger partial charge in [0.2, 0.25) is 0 Å². The van der Waals surface area contributed by atoms with Crippen molar-refractivity contribution in [1.29, 1.82) is 0 Å². The smallest absolute Gasteiger partial charge is 0.273 e. The van der Waals surface area contributed by atoms with Gasteiger partial charge in [-0.2, -0.15) is 0 Å². The molecule has 2 aromatic rings. The maximum atomic E-state index is 12.3. The highest BCUT2D eigenvalue weighted by Gasteiger charge is 2.28. The molecular formula is C14H17ClN4O2. The van der Waals surface area contributed by atoms with Crippen molar-refractivity contribution in [2.24, 2.45) is 0 Å². The predicted octanol–water partition coefficient (Wildman–Crippen LogP) is 0.866. The first-order chi connectivity index (χ1) is 9.95. The number of nitrogens with zero attached hydrogens (tertiary/aromatic N) is 4. The molecule has 0 aliphatic carbocycles. The zero-order chi connectivity index (χ0) is 15.1. The van der Waals surface area contributed by atoms with Crippen LogP contribution in [0, 0.1) is 0 Å². The number of aromatic nitrogens is 2. The molecule has 1 N–H and O–H groups in total. The number of β-amino-alcohol motifs (C(OH)–C–C–N with tert-alkyl or cyclic N) is 1. The van der Waals surface area contributed by atoms with Gasteiger partial charge in [0.05, 0.1) is 16.8 Å². The fourth-order valence-corrected chi connectivity index (χ4v) is 2.65. The Kier molecular flexibility index (Phi) is 3.61. The lowest BCUT2D eigenvalue weighted by Crippen LogP contribution is -2.50. The molecule has 2 aromatic heterocycles. The lowest BCUT2D eigenvalue weighted by molar-refractivity contribution is -0.00381. The molecule has 7 heteroatoms. The molecule has 0 saturated carbocycles. The molecule has 0 radical (unpaired) electrons. The maximum Gasteiger partial charge on any atom is 0.273 e. The van der Waals surface area contributed by atoms with Crippen molar-refractivity contribution in [1.82, 2.24) is 19.2 Å². The molecule has 3 heterocycles. The highest BCUT2D eigenvalue weighted by atomic mass is 35.5. The fourth-order valence-electron chi connectivity index (χ4n) is 2.49. The van der Waals surface area contributed by atoms with Gasteiger partial charge in [0.15, 0.2) is 5.69 Å². The molecule has 1 amide bonds. The van der Waals surface area contributed by atoms with Crippen molar-refractivity contribution < 1.29 is 9.90 Å². The molecule has 1 fully saturated rings. The molecule has 1 aliphatic heterocycles. The summed E-state index contributed by atoms with van der Waals surface area (Å²) in [6.45, 7) is 1.79. The Bertz CT molecular complexity index is 692. The van der Waals surface area contributed by atoms with E-state index in [-0.39, 0.29) is 12.0 Å². The van der Waals surface area contributed by atoms with Gasteiger partial charge in [0, 0.05) is 39.9 Å². The monoisotopic (exact) mass is 308 g/mol. The first-order valence-corrected chi connectivity index (χ1v) is 7.12. The van der Waals surface area contributed by atoms with Crippen LogP contribution in [0.2, 0.25) is 5.02 Å². The van der Waals surface area contributed by atoms with E-state index in [4.69, 9.17) is 11.6 Å². The molecule has 0 spiro atoms.